The molecule has 28 heavy (non-hydrogen) atoms. The van der Waals surface area contributed by atoms with Crippen LogP contribution in [0.3, 0.4) is 0 Å². The van der Waals surface area contributed by atoms with Crippen LogP contribution in [0.2, 0.25) is 5.15 Å². The first-order valence-electron chi connectivity index (χ1n) is 7.76. The molecule has 3 aromatic rings. The fraction of sp³-hybridized carbons (Fsp3) is 0.111. The van der Waals surface area contributed by atoms with Gasteiger partial charge in [-0.25, -0.2) is 22.0 Å². The maximum Gasteiger partial charge on any atom is 0.283 e. The van der Waals surface area contributed by atoms with Gasteiger partial charge >= 0.3 is 0 Å². The van der Waals surface area contributed by atoms with Crippen LogP contribution >= 0.6 is 11.6 Å². The molecule has 3 rings (SSSR count). The summed E-state index contributed by atoms with van der Waals surface area (Å²) in [4.78, 5) is 12.6. The summed E-state index contributed by atoms with van der Waals surface area (Å²) in [6.07, 6.45) is -3.06. The number of alkyl halides is 2. The third kappa shape index (κ3) is 3.57. The lowest BCUT2D eigenvalue weighted by atomic mass is 10.0. The van der Waals surface area contributed by atoms with E-state index >= 15 is 0 Å². The normalized spacial score (nSPS) is 11.1. The molecule has 0 atom stereocenters. The molecule has 10 heteroatoms. The number of carbonyl (C=O) groups is 1. The van der Waals surface area contributed by atoms with Gasteiger partial charge in [0.1, 0.15) is 22.2 Å². The summed E-state index contributed by atoms with van der Waals surface area (Å²) in [6, 6.07) is 6.67. The van der Waals surface area contributed by atoms with Crippen molar-refractivity contribution >= 4 is 23.2 Å². The number of amides is 1. The number of halogens is 6. The van der Waals surface area contributed by atoms with Gasteiger partial charge in [-0.3, -0.25) is 9.48 Å². The molecule has 1 aromatic heterocycles. The lowest BCUT2D eigenvalue weighted by molar-refractivity contribution is 0.101. The molecule has 1 heterocycles. The second-order valence-electron chi connectivity index (χ2n) is 5.72. The van der Waals surface area contributed by atoms with Crippen LogP contribution in [0.4, 0.5) is 27.6 Å². The summed E-state index contributed by atoms with van der Waals surface area (Å²) in [5.74, 6) is -4.73. The number of anilines is 1. The highest BCUT2D eigenvalue weighted by Gasteiger charge is 2.28. The standard InChI is InChI=1S/C18H11ClF5N3O/c1-27-16(19)14(15(26-27)17(23)24)18(28)25-13-5-3-2-4-8(13)9-6-11(21)12(22)7-10(9)20/h2-7,17H,1H3,(H,25,28). The number of hydrogen-bond donors (Lipinski definition) is 1. The van der Waals surface area contributed by atoms with Crippen molar-refractivity contribution in [1.82, 2.24) is 9.78 Å². The van der Waals surface area contributed by atoms with Gasteiger partial charge in [0.2, 0.25) is 0 Å². The smallest absolute Gasteiger partial charge is 0.283 e. The third-order valence-corrected chi connectivity index (χ3v) is 4.35. The van der Waals surface area contributed by atoms with Crippen LogP contribution in [0.1, 0.15) is 22.5 Å². The Hall–Kier alpha value is -2.94. The van der Waals surface area contributed by atoms with Gasteiger partial charge in [-0.05, 0) is 12.1 Å². The van der Waals surface area contributed by atoms with E-state index in [0.717, 1.165) is 4.68 Å². The second-order valence-corrected chi connectivity index (χ2v) is 6.08. The first-order chi connectivity index (χ1) is 13.2. The van der Waals surface area contributed by atoms with Crippen LogP contribution in [0, 0.1) is 17.5 Å². The van der Waals surface area contributed by atoms with Crippen LogP contribution in [-0.4, -0.2) is 15.7 Å². The average molecular weight is 416 g/mol. The first kappa shape index (κ1) is 19.8. The van der Waals surface area contributed by atoms with Gasteiger partial charge in [0.25, 0.3) is 12.3 Å². The van der Waals surface area contributed by atoms with E-state index in [1.54, 1.807) is 0 Å². The van der Waals surface area contributed by atoms with Crippen LogP contribution in [0.25, 0.3) is 11.1 Å². The van der Waals surface area contributed by atoms with E-state index in [1.165, 1.54) is 31.3 Å². The van der Waals surface area contributed by atoms with E-state index in [2.05, 4.69) is 10.4 Å². The van der Waals surface area contributed by atoms with Gasteiger partial charge in [-0.1, -0.05) is 29.8 Å². The van der Waals surface area contributed by atoms with Crippen molar-refractivity contribution in [2.24, 2.45) is 7.05 Å². The van der Waals surface area contributed by atoms with Gasteiger partial charge in [0, 0.05) is 29.9 Å². The molecule has 146 valence electrons. The molecule has 0 unspecified atom stereocenters. The first-order valence-corrected chi connectivity index (χ1v) is 8.14. The van der Waals surface area contributed by atoms with Crippen molar-refractivity contribution in [2.45, 2.75) is 6.43 Å². The topological polar surface area (TPSA) is 46.9 Å². The maximum absolute atomic E-state index is 14.1. The number of nitrogens with zero attached hydrogens (tertiary/aromatic N) is 2. The zero-order chi connectivity index (χ0) is 20.6. The van der Waals surface area contributed by atoms with Gasteiger partial charge in [0.05, 0.1) is 0 Å². The fourth-order valence-corrected chi connectivity index (χ4v) is 2.85. The van der Waals surface area contributed by atoms with Gasteiger partial charge in [0.15, 0.2) is 11.6 Å². The highest BCUT2D eigenvalue weighted by atomic mass is 35.5. The molecule has 2 aromatic carbocycles. The molecule has 0 spiro atoms. The maximum atomic E-state index is 14.1. The molecule has 0 bridgehead atoms. The van der Waals surface area contributed by atoms with E-state index in [0.29, 0.717) is 12.1 Å². The summed E-state index contributed by atoms with van der Waals surface area (Å²) in [5.41, 5.74) is -1.68. The highest BCUT2D eigenvalue weighted by molar-refractivity contribution is 6.33. The molecule has 0 aliphatic heterocycles. The molecule has 0 aliphatic carbocycles. The molecule has 1 N–H and O–H groups in total. The second kappa shape index (κ2) is 7.59. The van der Waals surface area contributed by atoms with Gasteiger partial charge in [-0.15, -0.1) is 0 Å². The minimum Gasteiger partial charge on any atom is -0.321 e. The van der Waals surface area contributed by atoms with Crippen molar-refractivity contribution in [1.29, 1.82) is 0 Å². The summed E-state index contributed by atoms with van der Waals surface area (Å²) in [5, 5.41) is 5.54. The lowest BCUT2D eigenvalue weighted by Gasteiger charge is -2.12. The molecule has 0 radical (unpaired) electrons. The summed E-state index contributed by atoms with van der Waals surface area (Å²) in [6.45, 7) is 0. The number of aromatic nitrogens is 2. The van der Waals surface area contributed by atoms with Gasteiger partial charge < -0.3 is 5.32 Å². The Morgan fingerprint density at radius 3 is 2.39 bits per heavy atom. The van der Waals surface area contributed by atoms with Crippen molar-refractivity contribution in [2.75, 3.05) is 5.32 Å². The van der Waals surface area contributed by atoms with Crippen molar-refractivity contribution in [3.05, 3.63) is 70.3 Å². The summed E-state index contributed by atoms with van der Waals surface area (Å²) in [7, 11) is 1.29. The summed E-state index contributed by atoms with van der Waals surface area (Å²) < 4.78 is 68.1. The van der Waals surface area contributed by atoms with Crippen molar-refractivity contribution in [3.63, 3.8) is 0 Å². The van der Waals surface area contributed by atoms with E-state index in [-0.39, 0.29) is 22.0 Å². The predicted octanol–water partition coefficient (Wildman–Crippen LogP) is 5.35. The number of carbonyl (C=O) groups excluding carboxylic acids is 1. The Bertz CT molecular complexity index is 1070. The predicted molar refractivity (Wildman–Crippen MR) is 92.9 cm³/mol. The molecule has 0 saturated heterocycles. The van der Waals surface area contributed by atoms with Crippen LogP contribution in [-0.2, 0) is 7.05 Å². The highest BCUT2D eigenvalue weighted by Crippen LogP contribution is 2.33. The number of para-hydroxylation sites is 1. The number of rotatable bonds is 4. The van der Waals surface area contributed by atoms with Crippen LogP contribution in [0.15, 0.2) is 36.4 Å². The van der Waals surface area contributed by atoms with Crippen molar-refractivity contribution < 1.29 is 26.7 Å². The number of aryl methyl sites for hydroxylation is 1. The zero-order valence-electron chi connectivity index (χ0n) is 14.1. The SMILES string of the molecule is Cn1nc(C(F)F)c(C(=O)Nc2ccccc2-c2cc(F)c(F)cc2F)c1Cl. The molecule has 0 saturated carbocycles. The molecule has 1 amide bonds. The van der Waals surface area contributed by atoms with E-state index < -0.39 is 41.0 Å². The average Bonchev–Trinajstić information content (AvgIpc) is 2.94. The number of hydrogen-bond acceptors (Lipinski definition) is 2. The summed E-state index contributed by atoms with van der Waals surface area (Å²) >= 11 is 5.89. The Morgan fingerprint density at radius 2 is 1.71 bits per heavy atom. The van der Waals surface area contributed by atoms with E-state index in [4.69, 9.17) is 11.6 Å². The van der Waals surface area contributed by atoms with E-state index in [1.807, 2.05) is 0 Å². The number of benzene rings is 2. The zero-order valence-corrected chi connectivity index (χ0v) is 14.9. The Balaban J connectivity index is 2.05. The minimum absolute atomic E-state index is 0.0162. The quantitative estimate of drug-likeness (QED) is 0.461. The lowest BCUT2D eigenvalue weighted by Crippen LogP contribution is -2.15. The molecular formula is C18H11ClF5N3O. The van der Waals surface area contributed by atoms with Crippen LogP contribution < -0.4 is 5.32 Å². The monoisotopic (exact) mass is 415 g/mol. The van der Waals surface area contributed by atoms with Crippen LogP contribution in [0.5, 0.6) is 0 Å². The minimum atomic E-state index is -3.06. The largest absolute Gasteiger partial charge is 0.321 e. The van der Waals surface area contributed by atoms with E-state index in [9.17, 15) is 26.7 Å². The van der Waals surface area contributed by atoms with Crippen molar-refractivity contribution in [3.8, 4) is 11.1 Å². The Kier molecular flexibility index (Phi) is 5.37. The molecule has 0 aliphatic rings. The van der Waals surface area contributed by atoms with Gasteiger partial charge in [-0.2, -0.15) is 5.10 Å². The Labute approximate surface area is 160 Å². The fourth-order valence-electron chi connectivity index (χ4n) is 2.63. The third-order valence-electron chi connectivity index (χ3n) is 3.91. The Morgan fingerprint density at radius 1 is 1.07 bits per heavy atom. The number of nitrogens with one attached hydrogen (secondary N) is 1. The molecule has 4 nitrogen and oxygen atoms in total. The molecular weight excluding hydrogens is 405 g/mol. The molecule has 0 fully saturated rings.